The van der Waals surface area contributed by atoms with Crippen molar-refractivity contribution in [2.24, 2.45) is 0 Å². The summed E-state index contributed by atoms with van der Waals surface area (Å²) >= 11 is 5.96. The number of carbonyl (C=O) groups excluding carboxylic acids is 1. The summed E-state index contributed by atoms with van der Waals surface area (Å²) in [5.74, 6) is -0.161. The molecule has 21 heavy (non-hydrogen) atoms. The van der Waals surface area contributed by atoms with E-state index in [0.717, 1.165) is 0 Å². The number of nitrogens with one attached hydrogen (secondary N) is 1. The number of aryl methyl sites for hydroxylation is 1. The van der Waals surface area contributed by atoms with Crippen LogP contribution in [-0.2, 0) is 14.8 Å². The summed E-state index contributed by atoms with van der Waals surface area (Å²) in [4.78, 5) is 11.2. The van der Waals surface area contributed by atoms with Gasteiger partial charge in [0, 0.05) is 26.1 Å². The van der Waals surface area contributed by atoms with Crippen LogP contribution in [-0.4, -0.2) is 37.8 Å². The van der Waals surface area contributed by atoms with Crippen molar-refractivity contribution in [3.8, 4) is 0 Å². The van der Waals surface area contributed by atoms with Crippen molar-refractivity contribution in [2.75, 3.05) is 18.8 Å². The van der Waals surface area contributed by atoms with E-state index < -0.39 is 10.0 Å². The average molecular weight is 332 g/mol. The first-order valence-corrected chi connectivity index (χ1v) is 8.36. The Morgan fingerprint density at radius 2 is 2.14 bits per heavy atom. The zero-order valence-corrected chi connectivity index (χ0v) is 13.5. The van der Waals surface area contributed by atoms with E-state index in [1.807, 2.05) is 0 Å². The summed E-state index contributed by atoms with van der Waals surface area (Å²) in [6.45, 7) is 3.76. The van der Waals surface area contributed by atoms with Gasteiger partial charge in [0.1, 0.15) is 0 Å². The molecule has 1 aliphatic heterocycles. The van der Waals surface area contributed by atoms with E-state index in [1.165, 1.54) is 23.4 Å². The molecule has 1 aromatic carbocycles. The Labute approximate surface area is 129 Å². The average Bonchev–Trinajstić information content (AvgIpc) is 2.83. The Morgan fingerprint density at radius 3 is 2.71 bits per heavy atom. The van der Waals surface area contributed by atoms with E-state index in [9.17, 15) is 13.2 Å². The fourth-order valence-corrected chi connectivity index (χ4v) is 4.14. The van der Waals surface area contributed by atoms with Gasteiger partial charge in [0.2, 0.25) is 15.9 Å². The standard InChI is InChI=1S/C13H18ClN3O3S/c1-8-5-11(6-12(15)13(8)14)21(19,20)17-4-3-10(7-17)16-9(2)18/h5-6,10H,3-4,7,15H2,1-2H3,(H,16,18). The molecule has 116 valence electrons. The normalized spacial score (nSPS) is 19.7. The van der Waals surface area contributed by atoms with Gasteiger partial charge in [0.15, 0.2) is 0 Å². The van der Waals surface area contributed by atoms with Crippen molar-refractivity contribution in [1.29, 1.82) is 0 Å². The number of hydrogen-bond acceptors (Lipinski definition) is 4. The van der Waals surface area contributed by atoms with E-state index >= 15 is 0 Å². The number of nitrogens with zero attached hydrogens (tertiary/aromatic N) is 1. The molecular weight excluding hydrogens is 314 g/mol. The van der Waals surface area contributed by atoms with Gasteiger partial charge in [-0.05, 0) is 31.0 Å². The molecule has 0 spiro atoms. The maximum Gasteiger partial charge on any atom is 0.243 e. The molecule has 1 amide bonds. The molecule has 1 unspecified atom stereocenters. The molecule has 1 aromatic rings. The first kappa shape index (κ1) is 16.1. The molecule has 0 saturated carbocycles. The molecule has 1 atom stereocenters. The molecule has 2 rings (SSSR count). The maximum absolute atomic E-state index is 12.6. The molecule has 1 aliphatic rings. The van der Waals surface area contributed by atoms with E-state index in [2.05, 4.69) is 5.32 Å². The number of sulfonamides is 1. The Hall–Kier alpha value is -1.31. The van der Waals surface area contributed by atoms with Crippen LogP contribution in [0, 0.1) is 6.92 Å². The molecular formula is C13H18ClN3O3S. The Balaban J connectivity index is 2.25. The Morgan fingerprint density at radius 1 is 1.48 bits per heavy atom. The highest BCUT2D eigenvalue weighted by molar-refractivity contribution is 7.89. The first-order chi connectivity index (χ1) is 9.71. The van der Waals surface area contributed by atoms with Crippen molar-refractivity contribution in [3.05, 3.63) is 22.7 Å². The summed E-state index contributed by atoms with van der Waals surface area (Å²) in [6.07, 6.45) is 0.598. The summed E-state index contributed by atoms with van der Waals surface area (Å²) in [6, 6.07) is 2.74. The van der Waals surface area contributed by atoms with Crippen molar-refractivity contribution in [3.63, 3.8) is 0 Å². The monoisotopic (exact) mass is 331 g/mol. The topological polar surface area (TPSA) is 92.5 Å². The van der Waals surface area contributed by atoms with Gasteiger partial charge in [-0.3, -0.25) is 4.79 Å². The molecule has 6 nitrogen and oxygen atoms in total. The molecule has 1 saturated heterocycles. The van der Waals surface area contributed by atoms with E-state index in [0.29, 0.717) is 23.6 Å². The number of amides is 1. The third-order valence-corrected chi connectivity index (χ3v) is 5.81. The van der Waals surface area contributed by atoms with Crippen LogP contribution in [0.5, 0.6) is 0 Å². The van der Waals surface area contributed by atoms with Gasteiger partial charge in [-0.1, -0.05) is 11.6 Å². The van der Waals surface area contributed by atoms with Crippen LogP contribution in [0.15, 0.2) is 17.0 Å². The lowest BCUT2D eigenvalue weighted by Crippen LogP contribution is -2.37. The fourth-order valence-electron chi connectivity index (χ4n) is 2.41. The van der Waals surface area contributed by atoms with Gasteiger partial charge in [-0.2, -0.15) is 4.31 Å². The Bertz CT molecular complexity index is 652. The van der Waals surface area contributed by atoms with E-state index in [-0.39, 0.29) is 29.1 Å². The highest BCUT2D eigenvalue weighted by Gasteiger charge is 2.33. The number of hydrogen-bond donors (Lipinski definition) is 2. The number of nitrogen functional groups attached to an aromatic ring is 1. The second-order valence-electron chi connectivity index (χ2n) is 5.19. The van der Waals surface area contributed by atoms with Crippen molar-refractivity contribution < 1.29 is 13.2 Å². The van der Waals surface area contributed by atoms with Crippen LogP contribution in [0.3, 0.4) is 0 Å². The number of halogens is 1. The summed E-state index contributed by atoms with van der Waals surface area (Å²) in [5.41, 5.74) is 6.60. The summed E-state index contributed by atoms with van der Waals surface area (Å²) in [7, 11) is -3.63. The van der Waals surface area contributed by atoms with Crippen LogP contribution >= 0.6 is 11.6 Å². The van der Waals surface area contributed by atoms with Crippen molar-refractivity contribution in [1.82, 2.24) is 9.62 Å². The number of nitrogens with two attached hydrogens (primary N) is 1. The molecule has 0 bridgehead atoms. The zero-order chi connectivity index (χ0) is 15.8. The minimum absolute atomic E-state index is 0.130. The van der Waals surface area contributed by atoms with Crippen LogP contribution in [0.2, 0.25) is 5.02 Å². The summed E-state index contributed by atoms with van der Waals surface area (Å²) in [5, 5.41) is 3.10. The van der Waals surface area contributed by atoms with Gasteiger partial charge in [0.05, 0.1) is 15.6 Å². The second-order valence-corrected chi connectivity index (χ2v) is 7.51. The van der Waals surface area contributed by atoms with Crippen LogP contribution in [0.1, 0.15) is 18.9 Å². The SMILES string of the molecule is CC(=O)NC1CCN(S(=O)(=O)c2cc(C)c(Cl)c(N)c2)C1. The fraction of sp³-hybridized carbons (Fsp3) is 0.462. The predicted octanol–water partition coefficient (Wildman–Crippen LogP) is 1.13. The van der Waals surface area contributed by atoms with Gasteiger partial charge in [0.25, 0.3) is 0 Å². The lowest BCUT2D eigenvalue weighted by Gasteiger charge is -2.18. The molecule has 3 N–H and O–H groups in total. The predicted molar refractivity (Wildman–Crippen MR) is 81.6 cm³/mol. The maximum atomic E-state index is 12.6. The van der Waals surface area contributed by atoms with Crippen molar-refractivity contribution >= 4 is 33.2 Å². The Kier molecular flexibility index (Phi) is 4.46. The van der Waals surface area contributed by atoms with Crippen LogP contribution < -0.4 is 11.1 Å². The lowest BCUT2D eigenvalue weighted by molar-refractivity contribution is -0.119. The quantitative estimate of drug-likeness (QED) is 0.812. The molecule has 0 aliphatic carbocycles. The lowest BCUT2D eigenvalue weighted by atomic mass is 10.2. The molecule has 1 heterocycles. The highest BCUT2D eigenvalue weighted by atomic mass is 35.5. The third kappa shape index (κ3) is 3.30. The first-order valence-electron chi connectivity index (χ1n) is 6.54. The van der Waals surface area contributed by atoms with Gasteiger partial charge >= 0.3 is 0 Å². The van der Waals surface area contributed by atoms with Crippen LogP contribution in [0.25, 0.3) is 0 Å². The largest absolute Gasteiger partial charge is 0.397 e. The van der Waals surface area contributed by atoms with E-state index in [1.54, 1.807) is 6.92 Å². The second kappa shape index (κ2) is 5.82. The third-order valence-electron chi connectivity index (χ3n) is 3.45. The molecule has 1 fully saturated rings. The summed E-state index contributed by atoms with van der Waals surface area (Å²) < 4.78 is 26.5. The molecule has 0 radical (unpaired) electrons. The highest BCUT2D eigenvalue weighted by Crippen LogP contribution is 2.29. The van der Waals surface area contributed by atoms with Crippen molar-refractivity contribution in [2.45, 2.75) is 31.2 Å². The molecule has 8 heteroatoms. The van der Waals surface area contributed by atoms with Gasteiger partial charge < -0.3 is 11.1 Å². The zero-order valence-electron chi connectivity index (χ0n) is 11.9. The number of anilines is 1. The molecule has 0 aromatic heterocycles. The number of rotatable bonds is 3. The van der Waals surface area contributed by atoms with Gasteiger partial charge in [-0.25, -0.2) is 8.42 Å². The smallest absolute Gasteiger partial charge is 0.243 e. The number of carbonyl (C=O) groups is 1. The number of benzene rings is 1. The minimum Gasteiger partial charge on any atom is -0.397 e. The van der Waals surface area contributed by atoms with Crippen LogP contribution in [0.4, 0.5) is 5.69 Å². The van der Waals surface area contributed by atoms with Gasteiger partial charge in [-0.15, -0.1) is 0 Å². The minimum atomic E-state index is -3.63. The van der Waals surface area contributed by atoms with E-state index in [4.69, 9.17) is 17.3 Å².